The molecule has 0 fully saturated rings. The molecule has 0 bridgehead atoms. The van der Waals surface area contributed by atoms with Gasteiger partial charge in [-0.05, 0) is 201 Å². The first kappa shape index (κ1) is 31.7. The molecule has 0 heteroatoms. The van der Waals surface area contributed by atoms with Gasteiger partial charge >= 0.3 is 0 Å². The molecule has 0 nitrogen and oxygen atoms in total. The minimum atomic E-state index is 1.30. The zero-order valence-corrected chi connectivity index (χ0v) is 33.9. The van der Waals surface area contributed by atoms with Crippen molar-refractivity contribution in [1.82, 2.24) is 0 Å². The van der Waals surface area contributed by atoms with E-state index >= 15 is 0 Å². The van der Waals surface area contributed by atoms with Gasteiger partial charge in [0.05, 0.1) is 0 Å². The van der Waals surface area contributed by atoms with Crippen LogP contribution in [0.1, 0.15) is 22.3 Å². The van der Waals surface area contributed by atoms with Crippen molar-refractivity contribution in [3.8, 4) is 0 Å². The second-order valence-electron chi connectivity index (χ2n) is 18.2. The summed E-state index contributed by atoms with van der Waals surface area (Å²) in [5, 5.41) is 37.9. The molecule has 60 heavy (non-hydrogen) atoms. The fourth-order valence-electron chi connectivity index (χ4n) is 12.2. The average molecular weight is 757 g/mol. The predicted octanol–water partition coefficient (Wildman–Crippen LogP) is 15.7. The summed E-state index contributed by atoms with van der Waals surface area (Å²) < 4.78 is 0. The SMILES string of the molecule is Cc1ccc2c3ccc(C)cc3c3cc4c(cc3c2c1)=c1ccc2c3ccc5c6c(ccc(c7ccc=4c1c27)c63)=c1cc2c3cc(C)ccc3c3ccc(C)cc3c2cc1=5. The normalized spacial score (nSPS) is 13.0. The first-order valence-electron chi connectivity index (χ1n) is 21.4. The van der Waals surface area contributed by atoms with Gasteiger partial charge in [0.1, 0.15) is 0 Å². The molecule has 15 rings (SSSR count). The third kappa shape index (κ3) is 3.67. The number of hydrogen-bond acceptors (Lipinski definition) is 0. The Labute approximate surface area is 343 Å². The highest BCUT2D eigenvalue weighted by Crippen LogP contribution is 2.45. The van der Waals surface area contributed by atoms with Crippen LogP contribution in [0.5, 0.6) is 0 Å². The van der Waals surface area contributed by atoms with E-state index < -0.39 is 0 Å². The molecule has 0 N–H and O–H groups in total. The Morgan fingerprint density at radius 2 is 0.383 bits per heavy atom. The van der Waals surface area contributed by atoms with E-state index in [9.17, 15) is 0 Å². The Hall–Kier alpha value is -7.28. The van der Waals surface area contributed by atoms with E-state index in [0.717, 1.165) is 0 Å². The molecule has 2 aliphatic rings. The fourth-order valence-corrected chi connectivity index (χ4v) is 12.2. The zero-order valence-electron chi connectivity index (χ0n) is 33.9. The van der Waals surface area contributed by atoms with Crippen molar-refractivity contribution in [2.75, 3.05) is 0 Å². The zero-order chi connectivity index (χ0) is 39.4. The number of benzene rings is 13. The van der Waals surface area contributed by atoms with E-state index in [1.165, 1.54) is 172 Å². The molecule has 276 valence electrons. The van der Waals surface area contributed by atoms with Crippen molar-refractivity contribution >= 4 is 108 Å². The van der Waals surface area contributed by atoms with Crippen LogP contribution in [-0.2, 0) is 0 Å². The fraction of sp³-hybridized carbons (Fsp3) is 0.0667. The molecule has 0 radical (unpaired) electrons. The number of rotatable bonds is 0. The van der Waals surface area contributed by atoms with Gasteiger partial charge in [0, 0.05) is 0 Å². The summed E-state index contributed by atoms with van der Waals surface area (Å²) in [7, 11) is 0. The largest absolute Gasteiger partial charge is 0.0587 e. The van der Waals surface area contributed by atoms with E-state index in [1.807, 2.05) is 0 Å². The number of fused-ring (bicyclic) bond motifs is 16. The molecule has 0 saturated carbocycles. The first-order chi connectivity index (χ1) is 29.4. The average Bonchev–Trinajstić information content (AvgIpc) is 3.76. The second-order valence-corrected chi connectivity index (χ2v) is 18.2. The van der Waals surface area contributed by atoms with Crippen molar-refractivity contribution in [1.29, 1.82) is 0 Å². The van der Waals surface area contributed by atoms with Crippen LogP contribution in [0.3, 0.4) is 0 Å². The minimum Gasteiger partial charge on any atom is -0.0587 e. The first-order valence-corrected chi connectivity index (χ1v) is 21.4. The lowest BCUT2D eigenvalue weighted by Gasteiger charge is -2.14. The smallest absolute Gasteiger partial charge is 0.00139 e. The summed E-state index contributed by atoms with van der Waals surface area (Å²) in [4.78, 5) is 0. The number of hydrogen-bond donors (Lipinski definition) is 0. The van der Waals surface area contributed by atoms with Crippen molar-refractivity contribution in [2.45, 2.75) is 27.7 Å². The van der Waals surface area contributed by atoms with Crippen LogP contribution in [-0.4, -0.2) is 0 Å². The summed E-state index contributed by atoms with van der Waals surface area (Å²) >= 11 is 0. The quantitative estimate of drug-likeness (QED) is 0.107. The highest BCUT2D eigenvalue weighted by molar-refractivity contribution is 6.34. The molecular formula is C60H36. The maximum atomic E-state index is 2.51. The lowest BCUT2D eigenvalue weighted by Crippen LogP contribution is -1.89. The van der Waals surface area contributed by atoms with Gasteiger partial charge in [-0.15, -0.1) is 0 Å². The Balaban J connectivity index is 1.11. The Morgan fingerprint density at radius 3 is 0.633 bits per heavy atom. The van der Waals surface area contributed by atoms with Crippen LogP contribution in [0.15, 0.2) is 146 Å². The van der Waals surface area contributed by atoms with Crippen LogP contribution < -0.4 is 0 Å². The van der Waals surface area contributed by atoms with E-state index in [4.69, 9.17) is 0 Å². The van der Waals surface area contributed by atoms with Crippen LogP contribution in [0.4, 0.5) is 0 Å². The van der Waals surface area contributed by atoms with Gasteiger partial charge in [-0.25, -0.2) is 0 Å². The molecule has 0 aromatic heterocycles. The molecule has 0 saturated heterocycles. The van der Waals surface area contributed by atoms with Gasteiger partial charge in [0.2, 0.25) is 0 Å². The molecular weight excluding hydrogens is 721 g/mol. The minimum absolute atomic E-state index is 1.30. The predicted molar refractivity (Wildman–Crippen MR) is 255 cm³/mol. The molecule has 13 aromatic rings. The Kier molecular flexibility index (Phi) is 5.53. The van der Waals surface area contributed by atoms with E-state index in [1.54, 1.807) is 0 Å². The second kappa shape index (κ2) is 10.5. The summed E-state index contributed by atoms with van der Waals surface area (Å²) in [5.41, 5.74) is 5.18. The highest BCUT2D eigenvalue weighted by Gasteiger charge is 2.21. The summed E-state index contributed by atoms with van der Waals surface area (Å²) in [6.45, 7) is 8.86. The summed E-state index contributed by atoms with van der Waals surface area (Å²) in [5.74, 6) is 0. The van der Waals surface area contributed by atoms with Gasteiger partial charge in [0.15, 0.2) is 0 Å². The van der Waals surface area contributed by atoms with Gasteiger partial charge in [-0.1, -0.05) is 144 Å². The van der Waals surface area contributed by atoms with Crippen LogP contribution >= 0.6 is 0 Å². The molecule has 0 aliphatic heterocycles. The molecule has 0 unspecified atom stereocenters. The van der Waals surface area contributed by atoms with Crippen LogP contribution in [0, 0.1) is 69.4 Å². The molecule has 2 aliphatic carbocycles. The van der Waals surface area contributed by atoms with Crippen molar-refractivity contribution in [3.05, 3.63) is 210 Å². The topological polar surface area (TPSA) is 0 Å². The monoisotopic (exact) mass is 756 g/mol. The number of aryl methyl sites for hydroxylation is 4. The lowest BCUT2D eigenvalue weighted by molar-refractivity contribution is 1.50. The van der Waals surface area contributed by atoms with Crippen molar-refractivity contribution < 1.29 is 0 Å². The molecule has 0 spiro atoms. The van der Waals surface area contributed by atoms with E-state index in [-0.39, 0.29) is 0 Å². The third-order valence-electron chi connectivity index (χ3n) is 14.8. The van der Waals surface area contributed by atoms with Gasteiger partial charge in [-0.3, -0.25) is 0 Å². The van der Waals surface area contributed by atoms with Gasteiger partial charge in [-0.2, -0.15) is 0 Å². The van der Waals surface area contributed by atoms with E-state index in [2.05, 4.69) is 173 Å². The molecule has 13 aromatic carbocycles. The lowest BCUT2D eigenvalue weighted by atomic mass is 9.88. The van der Waals surface area contributed by atoms with Crippen molar-refractivity contribution in [2.24, 2.45) is 0 Å². The van der Waals surface area contributed by atoms with Gasteiger partial charge < -0.3 is 0 Å². The van der Waals surface area contributed by atoms with E-state index in [0.29, 0.717) is 0 Å². The highest BCUT2D eigenvalue weighted by atomic mass is 14.2. The third-order valence-corrected chi connectivity index (χ3v) is 14.8. The molecule has 0 atom stereocenters. The summed E-state index contributed by atoms with van der Waals surface area (Å²) in [6, 6.07) is 57.4. The Bertz CT molecular complexity index is 4130. The maximum Gasteiger partial charge on any atom is -0.00139 e. The van der Waals surface area contributed by atoms with Crippen LogP contribution in [0.25, 0.3) is 108 Å². The molecule has 0 amide bonds. The van der Waals surface area contributed by atoms with Crippen molar-refractivity contribution in [3.63, 3.8) is 0 Å². The van der Waals surface area contributed by atoms with Gasteiger partial charge in [0.25, 0.3) is 0 Å². The maximum absolute atomic E-state index is 2.51. The Morgan fingerprint density at radius 1 is 0.167 bits per heavy atom. The standard InChI is InChI=1S/C60H36/c1-29-5-9-33-34-10-6-30(2)22-46(34)54-26-50-42-18-14-38-40-16-20-44-52-28-56-48-24-32(4)8-12-36(48)35-11-7-31(3)23-47(35)55(56)27-51(52)43-19-15-39(58(40)60(43)44)37-13-17-41(59(42)57(37)38)49(50)25-53(54)45(33)21-29/h5-28H,1-4H3. The van der Waals surface area contributed by atoms with Crippen LogP contribution in [0.2, 0.25) is 0 Å². The summed E-state index contributed by atoms with van der Waals surface area (Å²) in [6.07, 6.45) is 0. The molecule has 0 heterocycles.